The highest BCUT2D eigenvalue weighted by Crippen LogP contribution is 2.22. The molecule has 0 saturated heterocycles. The highest BCUT2D eigenvalue weighted by molar-refractivity contribution is 4.69. The normalized spacial score (nSPS) is 29.0. The van der Waals surface area contributed by atoms with Gasteiger partial charge in [0.1, 0.15) is 0 Å². The maximum Gasteiger partial charge on any atom is 0.0565 e. The summed E-state index contributed by atoms with van der Waals surface area (Å²) in [7, 11) is 0. The Morgan fingerprint density at radius 1 is 1.08 bits per heavy atom. The molecule has 12 heavy (non-hydrogen) atoms. The minimum absolute atomic E-state index is 0.00347. The minimum Gasteiger partial charge on any atom is -0.393 e. The van der Waals surface area contributed by atoms with E-state index in [4.69, 9.17) is 0 Å². The number of rotatable bonds is 1. The molecule has 1 saturated carbocycles. The van der Waals surface area contributed by atoms with Crippen LogP contribution >= 0.6 is 0 Å². The third-order valence-corrected chi connectivity index (χ3v) is 2.57. The first kappa shape index (κ1) is 12.0. The van der Waals surface area contributed by atoms with Crippen molar-refractivity contribution >= 4 is 0 Å². The number of aliphatic hydroxyl groups excluding tert-OH is 1. The van der Waals surface area contributed by atoms with Crippen molar-refractivity contribution < 1.29 is 5.11 Å². The molecule has 0 amide bonds. The molecule has 0 aromatic carbocycles. The monoisotopic (exact) mass is 172 g/mol. The summed E-state index contributed by atoms with van der Waals surface area (Å²) >= 11 is 0. The number of aliphatic hydroxyl groups is 1. The molecule has 0 radical (unpaired) electrons. The molecule has 0 aromatic heterocycles. The van der Waals surface area contributed by atoms with Crippen LogP contribution in [0.2, 0.25) is 0 Å². The molecular weight excluding hydrogens is 148 g/mol. The van der Waals surface area contributed by atoms with Gasteiger partial charge in [-0.05, 0) is 18.8 Å². The molecule has 1 aliphatic carbocycles. The molecule has 0 aromatic rings. The summed E-state index contributed by atoms with van der Waals surface area (Å²) in [6.07, 6.45) is 7.44. The second-order valence-electron chi connectivity index (χ2n) is 3.83. The first-order valence-electron chi connectivity index (χ1n) is 5.40. The lowest BCUT2D eigenvalue weighted by Crippen LogP contribution is -2.21. The quantitative estimate of drug-likeness (QED) is 0.643. The maximum atomic E-state index is 9.18. The summed E-state index contributed by atoms with van der Waals surface area (Å²) in [4.78, 5) is 0. The average molecular weight is 172 g/mol. The average Bonchev–Trinajstić information content (AvgIpc) is 2.11. The summed E-state index contributed by atoms with van der Waals surface area (Å²) < 4.78 is 0. The van der Waals surface area contributed by atoms with E-state index in [-0.39, 0.29) is 6.10 Å². The molecule has 2 atom stereocenters. The van der Waals surface area contributed by atoms with Crippen LogP contribution in [-0.2, 0) is 0 Å². The standard InChI is InChI=1S/C7H14O.C4H10/c1-6-4-2-3-5-7(6)8;1-3-4-2/h6-8H,2-5H2,1H3;3-4H2,1-2H3. The fourth-order valence-corrected chi connectivity index (χ4v) is 1.30. The second-order valence-corrected chi connectivity index (χ2v) is 3.83. The lowest BCUT2D eigenvalue weighted by Gasteiger charge is -2.23. The fourth-order valence-electron chi connectivity index (χ4n) is 1.30. The van der Waals surface area contributed by atoms with Gasteiger partial charge in [-0.1, -0.05) is 46.5 Å². The number of hydrogen-bond acceptors (Lipinski definition) is 1. The predicted octanol–water partition coefficient (Wildman–Crippen LogP) is 3.36. The lowest BCUT2D eigenvalue weighted by atomic mass is 9.88. The Bertz CT molecular complexity index is 79.0. The Hall–Kier alpha value is -0.0400. The lowest BCUT2D eigenvalue weighted by molar-refractivity contribution is 0.0793. The largest absolute Gasteiger partial charge is 0.393 e. The van der Waals surface area contributed by atoms with Gasteiger partial charge in [-0.15, -0.1) is 0 Å². The van der Waals surface area contributed by atoms with Crippen LogP contribution in [0.1, 0.15) is 59.3 Å². The molecule has 0 spiro atoms. The van der Waals surface area contributed by atoms with Crippen molar-refractivity contribution in [2.45, 2.75) is 65.4 Å². The van der Waals surface area contributed by atoms with E-state index in [2.05, 4.69) is 20.8 Å². The van der Waals surface area contributed by atoms with Gasteiger partial charge in [-0.3, -0.25) is 0 Å². The van der Waals surface area contributed by atoms with E-state index in [0.29, 0.717) is 5.92 Å². The molecule has 0 bridgehead atoms. The van der Waals surface area contributed by atoms with Crippen molar-refractivity contribution in [1.29, 1.82) is 0 Å². The molecule has 1 nitrogen and oxygen atoms in total. The first-order valence-corrected chi connectivity index (χ1v) is 5.40. The molecule has 1 rings (SSSR count). The Balaban J connectivity index is 0.000000261. The van der Waals surface area contributed by atoms with Gasteiger partial charge in [0.25, 0.3) is 0 Å². The van der Waals surface area contributed by atoms with Crippen molar-refractivity contribution in [2.75, 3.05) is 0 Å². The van der Waals surface area contributed by atoms with Crippen LogP contribution in [-0.4, -0.2) is 11.2 Å². The number of unbranched alkanes of at least 4 members (excludes halogenated alkanes) is 1. The molecule has 1 heteroatoms. The second kappa shape index (κ2) is 7.60. The predicted molar refractivity (Wildman–Crippen MR) is 54.2 cm³/mol. The van der Waals surface area contributed by atoms with Crippen molar-refractivity contribution in [2.24, 2.45) is 5.92 Å². The Morgan fingerprint density at radius 3 is 1.83 bits per heavy atom. The molecular formula is C11H24O. The molecule has 0 aliphatic heterocycles. The zero-order chi connectivity index (χ0) is 9.40. The van der Waals surface area contributed by atoms with Gasteiger partial charge >= 0.3 is 0 Å². The summed E-state index contributed by atoms with van der Waals surface area (Å²) in [6.45, 7) is 6.49. The summed E-state index contributed by atoms with van der Waals surface area (Å²) in [6, 6.07) is 0. The third-order valence-electron chi connectivity index (χ3n) is 2.57. The Labute approximate surface area is 77.2 Å². The Kier molecular flexibility index (Phi) is 7.58. The van der Waals surface area contributed by atoms with Crippen LogP contribution in [0.15, 0.2) is 0 Å². The highest BCUT2D eigenvalue weighted by atomic mass is 16.3. The van der Waals surface area contributed by atoms with E-state index < -0.39 is 0 Å². The first-order chi connectivity index (χ1) is 5.72. The SMILES string of the molecule is CC1CCCCC1O.CCCC. The van der Waals surface area contributed by atoms with Crippen LogP contribution in [0.3, 0.4) is 0 Å². The van der Waals surface area contributed by atoms with Gasteiger partial charge in [-0.2, -0.15) is 0 Å². The van der Waals surface area contributed by atoms with Crippen LogP contribution in [0, 0.1) is 5.92 Å². The molecule has 2 unspecified atom stereocenters. The van der Waals surface area contributed by atoms with Gasteiger partial charge in [0.15, 0.2) is 0 Å². The summed E-state index contributed by atoms with van der Waals surface area (Å²) in [5, 5.41) is 9.18. The van der Waals surface area contributed by atoms with Crippen LogP contribution in [0.4, 0.5) is 0 Å². The van der Waals surface area contributed by atoms with Gasteiger partial charge in [0.2, 0.25) is 0 Å². The van der Waals surface area contributed by atoms with Gasteiger partial charge in [0.05, 0.1) is 6.10 Å². The Morgan fingerprint density at radius 2 is 1.58 bits per heavy atom. The highest BCUT2D eigenvalue weighted by Gasteiger charge is 2.17. The topological polar surface area (TPSA) is 20.2 Å². The van der Waals surface area contributed by atoms with Crippen molar-refractivity contribution in [3.8, 4) is 0 Å². The minimum atomic E-state index is 0.00347. The molecule has 74 valence electrons. The van der Waals surface area contributed by atoms with Gasteiger partial charge in [-0.25, -0.2) is 0 Å². The zero-order valence-corrected chi connectivity index (χ0v) is 8.84. The van der Waals surface area contributed by atoms with Crippen molar-refractivity contribution in [3.05, 3.63) is 0 Å². The summed E-state index contributed by atoms with van der Waals surface area (Å²) in [5.74, 6) is 0.559. The van der Waals surface area contributed by atoms with Crippen LogP contribution in [0.25, 0.3) is 0 Å². The van der Waals surface area contributed by atoms with E-state index in [1.165, 1.54) is 32.1 Å². The van der Waals surface area contributed by atoms with E-state index in [1.54, 1.807) is 0 Å². The molecule has 1 fully saturated rings. The fraction of sp³-hybridized carbons (Fsp3) is 1.00. The van der Waals surface area contributed by atoms with Crippen molar-refractivity contribution in [3.63, 3.8) is 0 Å². The molecule has 1 N–H and O–H groups in total. The van der Waals surface area contributed by atoms with Crippen LogP contribution in [0.5, 0.6) is 0 Å². The third kappa shape index (κ3) is 5.59. The van der Waals surface area contributed by atoms with E-state index in [0.717, 1.165) is 6.42 Å². The van der Waals surface area contributed by atoms with Crippen molar-refractivity contribution in [1.82, 2.24) is 0 Å². The maximum absolute atomic E-state index is 9.18. The molecule has 0 heterocycles. The van der Waals surface area contributed by atoms with Gasteiger partial charge < -0.3 is 5.11 Å². The van der Waals surface area contributed by atoms with E-state index in [1.807, 2.05) is 0 Å². The van der Waals surface area contributed by atoms with E-state index >= 15 is 0 Å². The zero-order valence-electron chi connectivity index (χ0n) is 8.84. The van der Waals surface area contributed by atoms with Crippen LogP contribution < -0.4 is 0 Å². The van der Waals surface area contributed by atoms with Gasteiger partial charge in [0, 0.05) is 0 Å². The summed E-state index contributed by atoms with van der Waals surface area (Å²) in [5.41, 5.74) is 0. The van der Waals surface area contributed by atoms with E-state index in [9.17, 15) is 5.11 Å². The smallest absolute Gasteiger partial charge is 0.0565 e. The number of hydrogen-bond donors (Lipinski definition) is 1. The molecule has 1 aliphatic rings.